The van der Waals surface area contributed by atoms with E-state index in [9.17, 15) is 9.59 Å². The highest BCUT2D eigenvalue weighted by Gasteiger charge is 2.19. The molecule has 1 unspecified atom stereocenters. The van der Waals surface area contributed by atoms with Crippen LogP contribution in [0.25, 0.3) is 0 Å². The number of carboxylic acid groups (broad SMARTS) is 1. The van der Waals surface area contributed by atoms with Gasteiger partial charge >= 0.3 is 5.97 Å². The van der Waals surface area contributed by atoms with Gasteiger partial charge in [0.2, 0.25) is 0 Å². The molecule has 0 heterocycles. The highest BCUT2D eigenvalue weighted by atomic mass is 16.5. The average molecular weight is 293 g/mol. The molecule has 0 fully saturated rings. The van der Waals surface area contributed by atoms with Crippen molar-refractivity contribution in [2.24, 2.45) is 0 Å². The van der Waals surface area contributed by atoms with E-state index >= 15 is 0 Å². The number of unbranched alkanes of at least 4 members (excludes halogenated alkanes) is 1. The van der Waals surface area contributed by atoms with Crippen LogP contribution in [0, 0.1) is 13.8 Å². The lowest BCUT2D eigenvalue weighted by atomic mass is 10.1. The van der Waals surface area contributed by atoms with E-state index in [1.807, 2.05) is 39.0 Å². The number of amides is 1. The maximum absolute atomic E-state index is 11.8. The third-order valence-corrected chi connectivity index (χ3v) is 3.04. The summed E-state index contributed by atoms with van der Waals surface area (Å²) in [5.74, 6) is -0.816. The molecule has 1 aromatic carbocycles. The Balaban J connectivity index is 2.50. The van der Waals surface area contributed by atoms with Crippen LogP contribution in [0.5, 0.6) is 5.75 Å². The minimum absolute atomic E-state index is 0.182. The summed E-state index contributed by atoms with van der Waals surface area (Å²) in [6.45, 7) is 5.69. The highest BCUT2D eigenvalue weighted by molar-refractivity contribution is 5.84. The number of aryl methyl sites for hydroxylation is 2. The van der Waals surface area contributed by atoms with Crippen LogP contribution in [-0.4, -0.2) is 29.6 Å². The lowest BCUT2D eigenvalue weighted by Gasteiger charge is -2.14. The fourth-order valence-corrected chi connectivity index (χ4v) is 2.07. The molecule has 116 valence electrons. The summed E-state index contributed by atoms with van der Waals surface area (Å²) >= 11 is 0. The second kappa shape index (κ2) is 8.29. The number of ether oxygens (including phenoxy) is 1. The first-order valence-electron chi connectivity index (χ1n) is 7.15. The first-order chi connectivity index (χ1) is 9.92. The largest absolute Gasteiger partial charge is 0.484 e. The Labute approximate surface area is 125 Å². The minimum atomic E-state index is -1.01. The Hall–Kier alpha value is -2.04. The molecular weight excluding hydrogens is 270 g/mol. The van der Waals surface area contributed by atoms with Crippen LogP contribution in [0.3, 0.4) is 0 Å². The van der Waals surface area contributed by atoms with Gasteiger partial charge in [-0.3, -0.25) is 4.79 Å². The topological polar surface area (TPSA) is 75.6 Å². The van der Waals surface area contributed by atoms with Crippen molar-refractivity contribution in [3.8, 4) is 5.75 Å². The van der Waals surface area contributed by atoms with Gasteiger partial charge in [0.25, 0.3) is 5.91 Å². The Bertz CT molecular complexity index is 479. The molecular formula is C16H23NO4. The number of carboxylic acids is 1. The monoisotopic (exact) mass is 293 g/mol. The normalized spacial score (nSPS) is 11.8. The summed E-state index contributed by atoms with van der Waals surface area (Å²) in [4.78, 5) is 22.8. The molecule has 1 atom stereocenters. The van der Waals surface area contributed by atoms with Crippen molar-refractivity contribution >= 4 is 11.9 Å². The molecule has 5 nitrogen and oxygen atoms in total. The zero-order valence-corrected chi connectivity index (χ0v) is 12.8. The fourth-order valence-electron chi connectivity index (χ4n) is 2.07. The number of hydrogen-bond acceptors (Lipinski definition) is 3. The van der Waals surface area contributed by atoms with E-state index in [0.29, 0.717) is 12.2 Å². The van der Waals surface area contributed by atoms with Crippen LogP contribution in [-0.2, 0) is 9.59 Å². The Kier molecular flexibility index (Phi) is 6.72. The number of aliphatic carboxylic acids is 1. The first kappa shape index (κ1) is 17.0. The van der Waals surface area contributed by atoms with Crippen molar-refractivity contribution in [3.05, 3.63) is 29.3 Å². The second-order valence-corrected chi connectivity index (χ2v) is 5.21. The Morgan fingerprint density at radius 3 is 2.38 bits per heavy atom. The molecule has 21 heavy (non-hydrogen) atoms. The van der Waals surface area contributed by atoms with Gasteiger partial charge in [0.05, 0.1) is 0 Å². The minimum Gasteiger partial charge on any atom is -0.484 e. The van der Waals surface area contributed by atoms with Crippen LogP contribution < -0.4 is 10.1 Å². The van der Waals surface area contributed by atoms with Gasteiger partial charge in [-0.05, 0) is 43.5 Å². The molecule has 0 aromatic heterocycles. The van der Waals surface area contributed by atoms with Crippen molar-refractivity contribution < 1.29 is 19.4 Å². The van der Waals surface area contributed by atoms with E-state index in [4.69, 9.17) is 9.84 Å². The number of carbonyl (C=O) groups is 2. The number of carbonyl (C=O) groups excluding carboxylic acids is 1. The molecule has 0 aliphatic carbocycles. The zero-order valence-electron chi connectivity index (χ0n) is 12.8. The molecule has 0 saturated heterocycles. The van der Waals surface area contributed by atoms with Gasteiger partial charge in [0, 0.05) is 0 Å². The second-order valence-electron chi connectivity index (χ2n) is 5.21. The average Bonchev–Trinajstić information content (AvgIpc) is 2.39. The number of nitrogens with one attached hydrogen (secondary N) is 1. The predicted molar refractivity (Wildman–Crippen MR) is 80.5 cm³/mol. The Morgan fingerprint density at radius 2 is 1.86 bits per heavy atom. The highest BCUT2D eigenvalue weighted by Crippen LogP contribution is 2.16. The SMILES string of the molecule is CCCCC(NC(=O)COc1cc(C)cc(C)c1)C(=O)O. The molecule has 0 bridgehead atoms. The molecule has 0 aliphatic heterocycles. The van der Waals surface area contributed by atoms with Crippen LogP contribution in [0.15, 0.2) is 18.2 Å². The summed E-state index contributed by atoms with van der Waals surface area (Å²) in [6.07, 6.45) is 2.08. The molecule has 1 rings (SSSR count). The van der Waals surface area contributed by atoms with E-state index in [2.05, 4.69) is 5.32 Å². The maximum atomic E-state index is 11.8. The summed E-state index contributed by atoms with van der Waals surface area (Å²) < 4.78 is 5.41. The molecule has 0 aliphatic rings. The lowest BCUT2D eigenvalue weighted by Crippen LogP contribution is -2.42. The van der Waals surface area contributed by atoms with Gasteiger partial charge in [-0.2, -0.15) is 0 Å². The molecule has 0 radical (unpaired) electrons. The standard InChI is InChI=1S/C16H23NO4/c1-4-5-6-14(16(19)20)17-15(18)10-21-13-8-11(2)7-12(3)9-13/h7-9,14H,4-6,10H2,1-3H3,(H,17,18)(H,19,20). The number of benzene rings is 1. The zero-order chi connectivity index (χ0) is 15.8. The van der Waals surface area contributed by atoms with Crippen LogP contribution in [0.1, 0.15) is 37.3 Å². The van der Waals surface area contributed by atoms with E-state index < -0.39 is 17.9 Å². The summed E-state index contributed by atoms with van der Waals surface area (Å²) in [5.41, 5.74) is 2.11. The number of rotatable bonds is 8. The van der Waals surface area contributed by atoms with Gasteiger partial charge in [0.15, 0.2) is 6.61 Å². The quantitative estimate of drug-likeness (QED) is 0.772. The van der Waals surface area contributed by atoms with Gasteiger partial charge in [-0.15, -0.1) is 0 Å². The van der Waals surface area contributed by atoms with Gasteiger partial charge < -0.3 is 15.2 Å². The van der Waals surface area contributed by atoms with Crippen LogP contribution in [0.4, 0.5) is 0 Å². The van der Waals surface area contributed by atoms with Gasteiger partial charge in [-0.1, -0.05) is 25.8 Å². The van der Waals surface area contributed by atoms with E-state index in [1.54, 1.807) is 0 Å². The van der Waals surface area contributed by atoms with Crippen molar-refractivity contribution in [1.29, 1.82) is 0 Å². The Morgan fingerprint density at radius 1 is 1.24 bits per heavy atom. The van der Waals surface area contributed by atoms with Gasteiger partial charge in [-0.25, -0.2) is 4.79 Å². The summed E-state index contributed by atoms with van der Waals surface area (Å²) in [7, 11) is 0. The van der Waals surface area contributed by atoms with Crippen LogP contribution in [0.2, 0.25) is 0 Å². The summed E-state index contributed by atoms with van der Waals surface area (Å²) in [6, 6.07) is 4.84. The maximum Gasteiger partial charge on any atom is 0.326 e. The third-order valence-electron chi connectivity index (χ3n) is 3.04. The van der Waals surface area contributed by atoms with Crippen LogP contribution >= 0.6 is 0 Å². The predicted octanol–water partition coefficient (Wildman–Crippen LogP) is 2.44. The van der Waals surface area contributed by atoms with Crippen molar-refractivity contribution in [2.45, 2.75) is 46.1 Å². The molecule has 0 saturated carbocycles. The van der Waals surface area contributed by atoms with Crippen molar-refractivity contribution in [3.63, 3.8) is 0 Å². The third kappa shape index (κ3) is 6.29. The van der Waals surface area contributed by atoms with Crippen molar-refractivity contribution in [2.75, 3.05) is 6.61 Å². The molecule has 2 N–H and O–H groups in total. The molecule has 0 spiro atoms. The molecule has 1 aromatic rings. The molecule has 5 heteroatoms. The lowest BCUT2D eigenvalue weighted by molar-refractivity contribution is -0.142. The fraction of sp³-hybridized carbons (Fsp3) is 0.500. The van der Waals surface area contributed by atoms with Crippen molar-refractivity contribution in [1.82, 2.24) is 5.32 Å². The van der Waals surface area contributed by atoms with E-state index in [-0.39, 0.29) is 6.61 Å². The van der Waals surface area contributed by atoms with Gasteiger partial charge in [0.1, 0.15) is 11.8 Å². The summed E-state index contributed by atoms with van der Waals surface area (Å²) in [5, 5.41) is 11.5. The number of hydrogen-bond donors (Lipinski definition) is 2. The first-order valence-corrected chi connectivity index (χ1v) is 7.15. The van der Waals surface area contributed by atoms with E-state index in [0.717, 1.165) is 24.0 Å². The van der Waals surface area contributed by atoms with E-state index in [1.165, 1.54) is 0 Å². The smallest absolute Gasteiger partial charge is 0.326 e. The molecule has 1 amide bonds.